The number of nitrogens with one attached hydrogen (secondary N) is 1. The summed E-state index contributed by atoms with van der Waals surface area (Å²) in [5, 5.41) is 3.51. The first-order valence-electron chi connectivity index (χ1n) is 10.3. The maximum atomic E-state index is 13.3. The fraction of sp³-hybridized carbons (Fsp3) is 0.522. The number of hydrogen-bond donors (Lipinski definition) is 1. The highest BCUT2D eigenvalue weighted by Crippen LogP contribution is 2.30. The van der Waals surface area contributed by atoms with E-state index in [1.807, 2.05) is 6.07 Å². The number of carbonyl (C=O) groups excluding carboxylic acids is 1. The van der Waals surface area contributed by atoms with Crippen molar-refractivity contribution in [2.24, 2.45) is 11.8 Å². The Morgan fingerprint density at radius 3 is 2.33 bits per heavy atom. The Bertz CT molecular complexity index is 797. The summed E-state index contributed by atoms with van der Waals surface area (Å²) in [7, 11) is 0. The second-order valence-electron chi connectivity index (χ2n) is 8.29. The van der Waals surface area contributed by atoms with Gasteiger partial charge < -0.3 is 14.8 Å². The molecule has 2 aliphatic rings. The molecule has 2 aliphatic heterocycles. The third-order valence-corrected chi connectivity index (χ3v) is 6.69. The molecule has 0 aliphatic carbocycles. The molecule has 0 spiro atoms. The quantitative estimate of drug-likeness (QED) is 0.899. The molecule has 144 valence electrons. The number of carbonyl (C=O) groups is 1. The highest BCUT2D eigenvalue weighted by atomic mass is 16.2. The molecule has 2 aromatic rings. The molecule has 1 aromatic heterocycles. The van der Waals surface area contributed by atoms with Crippen LogP contribution in [0.1, 0.15) is 53.1 Å². The van der Waals surface area contributed by atoms with Gasteiger partial charge in [0.1, 0.15) is 0 Å². The van der Waals surface area contributed by atoms with E-state index in [-0.39, 0.29) is 11.9 Å². The molecule has 27 heavy (non-hydrogen) atoms. The van der Waals surface area contributed by atoms with Crippen LogP contribution >= 0.6 is 0 Å². The first kappa shape index (κ1) is 18.3. The number of rotatable bonds is 3. The molecule has 1 unspecified atom stereocenters. The van der Waals surface area contributed by atoms with Gasteiger partial charge in [-0.1, -0.05) is 30.3 Å². The van der Waals surface area contributed by atoms with Gasteiger partial charge in [0.05, 0.1) is 11.6 Å². The third kappa shape index (κ3) is 3.43. The van der Waals surface area contributed by atoms with Gasteiger partial charge in [0.2, 0.25) is 0 Å². The van der Waals surface area contributed by atoms with Gasteiger partial charge in [-0.25, -0.2) is 0 Å². The Kier molecular flexibility index (Phi) is 5.09. The molecule has 3 atom stereocenters. The Hall–Kier alpha value is -2.07. The largest absolute Gasteiger partial charge is 0.341 e. The number of amides is 1. The molecule has 0 bridgehead atoms. The molecule has 0 saturated carbocycles. The van der Waals surface area contributed by atoms with Gasteiger partial charge >= 0.3 is 0 Å². The Balaban J connectivity index is 1.56. The van der Waals surface area contributed by atoms with Crippen molar-refractivity contribution in [3.05, 3.63) is 58.9 Å². The molecule has 3 heterocycles. The molecule has 1 amide bonds. The van der Waals surface area contributed by atoms with Crippen LogP contribution in [0.3, 0.4) is 0 Å². The van der Waals surface area contributed by atoms with Crippen molar-refractivity contribution in [2.45, 2.75) is 39.7 Å². The summed E-state index contributed by atoms with van der Waals surface area (Å²) in [6.45, 7) is 10.4. The minimum atomic E-state index is 0.211. The van der Waals surface area contributed by atoms with Crippen LogP contribution in [0.4, 0.5) is 0 Å². The van der Waals surface area contributed by atoms with Gasteiger partial charge in [-0.15, -0.1) is 0 Å². The van der Waals surface area contributed by atoms with E-state index in [4.69, 9.17) is 0 Å². The normalized spacial score (nSPS) is 23.7. The number of likely N-dealkylation sites (tertiary alicyclic amines) is 1. The fourth-order valence-corrected chi connectivity index (χ4v) is 5.06. The van der Waals surface area contributed by atoms with Crippen LogP contribution in [0, 0.1) is 25.7 Å². The topological polar surface area (TPSA) is 37.3 Å². The monoisotopic (exact) mass is 365 g/mol. The van der Waals surface area contributed by atoms with E-state index >= 15 is 0 Å². The molecular formula is C23H31N3O. The zero-order valence-corrected chi connectivity index (χ0v) is 16.7. The van der Waals surface area contributed by atoms with E-state index in [2.05, 4.69) is 65.9 Å². The predicted octanol–water partition coefficient (Wildman–Crippen LogP) is 3.79. The van der Waals surface area contributed by atoms with Crippen molar-refractivity contribution in [1.82, 2.24) is 14.8 Å². The van der Waals surface area contributed by atoms with E-state index in [9.17, 15) is 4.79 Å². The maximum absolute atomic E-state index is 13.3. The van der Waals surface area contributed by atoms with E-state index < -0.39 is 0 Å². The van der Waals surface area contributed by atoms with Gasteiger partial charge in [-0.05, 0) is 70.2 Å². The predicted molar refractivity (Wildman–Crippen MR) is 109 cm³/mol. The van der Waals surface area contributed by atoms with Crippen molar-refractivity contribution < 1.29 is 4.79 Å². The average Bonchev–Trinajstić information content (AvgIpc) is 3.19. The lowest BCUT2D eigenvalue weighted by Crippen LogP contribution is -2.33. The minimum absolute atomic E-state index is 0.211. The van der Waals surface area contributed by atoms with Crippen LogP contribution in [0.5, 0.6) is 0 Å². The van der Waals surface area contributed by atoms with Crippen LogP contribution < -0.4 is 5.32 Å². The fourth-order valence-electron chi connectivity index (χ4n) is 5.06. The Morgan fingerprint density at radius 1 is 1.07 bits per heavy atom. The molecule has 1 aromatic carbocycles. The van der Waals surface area contributed by atoms with E-state index in [1.165, 1.54) is 5.56 Å². The lowest BCUT2D eigenvalue weighted by atomic mass is 9.92. The van der Waals surface area contributed by atoms with Crippen LogP contribution in [0.15, 0.2) is 36.4 Å². The van der Waals surface area contributed by atoms with Gasteiger partial charge in [0, 0.05) is 24.5 Å². The summed E-state index contributed by atoms with van der Waals surface area (Å²) in [5.74, 6) is 1.70. The molecule has 4 rings (SSSR count). The molecule has 4 nitrogen and oxygen atoms in total. The Morgan fingerprint density at radius 2 is 1.70 bits per heavy atom. The third-order valence-electron chi connectivity index (χ3n) is 6.69. The molecule has 1 N–H and O–H groups in total. The highest BCUT2D eigenvalue weighted by molar-refractivity contribution is 5.95. The summed E-state index contributed by atoms with van der Waals surface area (Å²) in [6, 6.07) is 12.8. The van der Waals surface area contributed by atoms with E-state index in [0.29, 0.717) is 0 Å². The molecule has 4 heteroatoms. The smallest absolute Gasteiger partial charge is 0.255 e. The summed E-state index contributed by atoms with van der Waals surface area (Å²) in [6.07, 6.45) is 2.26. The first-order chi connectivity index (χ1) is 13.1. The van der Waals surface area contributed by atoms with Gasteiger partial charge in [0.15, 0.2) is 0 Å². The second kappa shape index (κ2) is 7.51. The van der Waals surface area contributed by atoms with Crippen molar-refractivity contribution in [1.29, 1.82) is 0 Å². The lowest BCUT2D eigenvalue weighted by molar-refractivity contribution is 0.0757. The van der Waals surface area contributed by atoms with Crippen molar-refractivity contribution in [3.8, 4) is 0 Å². The van der Waals surface area contributed by atoms with Crippen LogP contribution in [0.2, 0.25) is 0 Å². The van der Waals surface area contributed by atoms with Gasteiger partial charge in [0.25, 0.3) is 5.91 Å². The first-order valence-corrected chi connectivity index (χ1v) is 10.3. The summed E-state index contributed by atoms with van der Waals surface area (Å²) < 4.78 is 2.30. The van der Waals surface area contributed by atoms with Gasteiger partial charge in [-0.2, -0.15) is 0 Å². The summed E-state index contributed by atoms with van der Waals surface area (Å²) in [5.41, 5.74) is 4.39. The molecule has 2 saturated heterocycles. The SMILES string of the molecule is Cc1cc(C(=O)N2CC[C@@H]3CNC[C@@H]3CC2)c(C)n1C(C)c1ccccc1. The Labute approximate surface area is 162 Å². The number of hydrogen-bond acceptors (Lipinski definition) is 2. The zero-order chi connectivity index (χ0) is 19.0. The number of benzene rings is 1. The number of fused-ring (bicyclic) bond motifs is 1. The second-order valence-corrected chi connectivity index (χ2v) is 8.29. The van der Waals surface area contributed by atoms with Crippen molar-refractivity contribution >= 4 is 5.91 Å². The summed E-state index contributed by atoms with van der Waals surface area (Å²) in [4.78, 5) is 15.4. The minimum Gasteiger partial charge on any atom is -0.341 e. The number of aromatic nitrogens is 1. The van der Waals surface area contributed by atoms with Crippen LogP contribution in [-0.2, 0) is 0 Å². The number of nitrogens with zero attached hydrogens (tertiary/aromatic N) is 2. The van der Waals surface area contributed by atoms with Crippen LogP contribution in [0.25, 0.3) is 0 Å². The van der Waals surface area contributed by atoms with Crippen molar-refractivity contribution in [3.63, 3.8) is 0 Å². The summed E-state index contributed by atoms with van der Waals surface area (Å²) >= 11 is 0. The zero-order valence-electron chi connectivity index (χ0n) is 16.7. The maximum Gasteiger partial charge on any atom is 0.255 e. The van der Waals surface area contributed by atoms with E-state index in [1.54, 1.807) is 0 Å². The lowest BCUT2D eigenvalue weighted by Gasteiger charge is -2.22. The number of aryl methyl sites for hydroxylation is 1. The van der Waals surface area contributed by atoms with E-state index in [0.717, 1.165) is 67.8 Å². The molecular weight excluding hydrogens is 334 g/mol. The highest BCUT2D eigenvalue weighted by Gasteiger charge is 2.32. The van der Waals surface area contributed by atoms with Gasteiger partial charge in [-0.3, -0.25) is 4.79 Å². The van der Waals surface area contributed by atoms with Crippen LogP contribution in [-0.4, -0.2) is 41.6 Å². The molecule has 0 radical (unpaired) electrons. The standard InChI is InChI=1S/C23H31N3O/c1-16-13-22(18(3)26(16)17(2)19-7-5-4-6-8-19)23(27)25-11-9-20-14-24-15-21(20)10-12-25/h4-8,13,17,20-21,24H,9-12,14-15H2,1-3H3/t17?,20-,21+. The molecule has 2 fully saturated rings. The average molecular weight is 366 g/mol. The van der Waals surface area contributed by atoms with Crippen molar-refractivity contribution in [2.75, 3.05) is 26.2 Å².